The average molecular weight is 658 g/mol. The molecule has 2 amide bonds. The van der Waals surface area contributed by atoms with E-state index in [9.17, 15) is 41.1 Å². The van der Waals surface area contributed by atoms with Gasteiger partial charge < -0.3 is 24.9 Å². The van der Waals surface area contributed by atoms with E-state index in [0.717, 1.165) is 12.1 Å². The number of alkyl halides is 3. The van der Waals surface area contributed by atoms with E-state index in [0.29, 0.717) is 9.87 Å². The first-order valence-electron chi connectivity index (χ1n) is 13.4. The Balaban J connectivity index is 1.93. The molecule has 0 aliphatic heterocycles. The summed E-state index contributed by atoms with van der Waals surface area (Å²) in [4.78, 5) is 43.4. The van der Waals surface area contributed by atoms with E-state index in [4.69, 9.17) is 9.47 Å². The highest BCUT2D eigenvalue weighted by Gasteiger charge is 2.32. The van der Waals surface area contributed by atoms with Crippen molar-refractivity contribution >= 4 is 45.1 Å². The van der Waals surface area contributed by atoms with Crippen LogP contribution in [0.5, 0.6) is 0 Å². The number of carbonyl (C=O) groups is 3. The van der Waals surface area contributed by atoms with E-state index in [2.05, 4.69) is 15.3 Å². The minimum absolute atomic E-state index is 0.00725. The van der Waals surface area contributed by atoms with E-state index in [1.807, 2.05) is 0 Å². The lowest BCUT2D eigenvalue weighted by molar-refractivity contribution is -0.137. The number of hydrogen-bond acceptors (Lipinski definition) is 8. The molecule has 3 aromatic rings. The van der Waals surface area contributed by atoms with Crippen LogP contribution in [0.3, 0.4) is 0 Å². The van der Waals surface area contributed by atoms with Crippen LogP contribution in [-0.4, -0.2) is 59.4 Å². The Morgan fingerprint density at radius 2 is 1.53 bits per heavy atom. The normalized spacial score (nSPS) is 13.2. The lowest BCUT2D eigenvalue weighted by atomic mass is 10.0. The molecular formula is C28H34F3N5O8S. The van der Waals surface area contributed by atoms with Crippen molar-refractivity contribution in [1.29, 1.82) is 0 Å². The first kappa shape index (κ1) is 34.9. The molecule has 0 saturated carbocycles. The molecule has 2 aromatic carbocycles. The van der Waals surface area contributed by atoms with Crippen molar-refractivity contribution in [2.24, 2.45) is 0 Å². The maximum atomic E-state index is 13.3. The molecule has 4 N–H and O–H groups in total. The van der Waals surface area contributed by atoms with Crippen LogP contribution in [0.15, 0.2) is 42.5 Å². The Hall–Kier alpha value is -4.54. The van der Waals surface area contributed by atoms with Crippen molar-refractivity contribution in [2.45, 2.75) is 71.4 Å². The summed E-state index contributed by atoms with van der Waals surface area (Å²) in [5, 5.41) is 12.0. The first-order valence-corrected chi connectivity index (χ1v) is 14.9. The second-order valence-corrected chi connectivity index (χ2v) is 13.5. The highest BCUT2D eigenvalue weighted by molar-refractivity contribution is 7.91. The number of nitrogens with zero attached hydrogens (tertiary/aromatic N) is 2. The van der Waals surface area contributed by atoms with Crippen molar-refractivity contribution in [2.75, 3.05) is 10.8 Å². The molecule has 246 valence electrons. The number of rotatable bonds is 9. The molecule has 45 heavy (non-hydrogen) atoms. The van der Waals surface area contributed by atoms with Gasteiger partial charge in [-0.15, -0.1) is 0 Å². The van der Waals surface area contributed by atoms with Gasteiger partial charge in [0.1, 0.15) is 23.6 Å². The van der Waals surface area contributed by atoms with Gasteiger partial charge in [0.15, 0.2) is 0 Å². The van der Waals surface area contributed by atoms with Crippen molar-refractivity contribution < 1.29 is 50.6 Å². The molecule has 0 aliphatic carbocycles. The van der Waals surface area contributed by atoms with Gasteiger partial charge in [0, 0.05) is 6.42 Å². The van der Waals surface area contributed by atoms with E-state index in [-0.39, 0.29) is 29.0 Å². The quantitative estimate of drug-likeness (QED) is 0.245. The fourth-order valence-corrected chi connectivity index (χ4v) is 5.01. The fraction of sp³-hybridized carbons (Fsp3) is 0.429. The molecule has 1 atom stereocenters. The summed E-state index contributed by atoms with van der Waals surface area (Å²) in [7, 11) is -4.72. The highest BCUT2D eigenvalue weighted by atomic mass is 32.2. The monoisotopic (exact) mass is 657 g/mol. The molecule has 13 nitrogen and oxygen atoms in total. The molecule has 0 unspecified atom stereocenters. The van der Waals surface area contributed by atoms with Gasteiger partial charge in [-0.2, -0.15) is 21.6 Å². The van der Waals surface area contributed by atoms with Crippen molar-refractivity contribution in [3.8, 4) is 0 Å². The number of nitrogens with one attached hydrogen (secondary N) is 3. The molecule has 0 radical (unpaired) electrons. The number of amides is 2. The fourth-order valence-electron chi connectivity index (χ4n) is 3.97. The summed E-state index contributed by atoms with van der Waals surface area (Å²) in [6.07, 6.45) is -6.71. The number of hydrogen-bond donors (Lipinski definition) is 4. The SMILES string of the molecule is CC(C)(C)OC(=O)N[C@@H](Cc1ccc(N(CC(=O)O)S(=O)(=O)NC(=O)OC(C)(C)C)cc1)c1nc2ccc(C(F)(F)F)cc2[nH]1. The number of aliphatic carboxylic acids is 1. The summed E-state index contributed by atoms with van der Waals surface area (Å²) >= 11 is 0. The predicted molar refractivity (Wildman–Crippen MR) is 157 cm³/mol. The van der Waals surface area contributed by atoms with Gasteiger partial charge in [0.25, 0.3) is 0 Å². The third kappa shape index (κ3) is 10.3. The number of benzene rings is 2. The number of aromatic nitrogens is 2. The Morgan fingerprint density at radius 3 is 2.07 bits per heavy atom. The van der Waals surface area contributed by atoms with Crippen LogP contribution in [0.2, 0.25) is 0 Å². The van der Waals surface area contributed by atoms with E-state index < -0.39 is 63.9 Å². The van der Waals surface area contributed by atoms with Gasteiger partial charge in [0.2, 0.25) is 0 Å². The van der Waals surface area contributed by atoms with Crippen LogP contribution in [0, 0.1) is 0 Å². The number of fused-ring (bicyclic) bond motifs is 1. The van der Waals surface area contributed by atoms with Crippen LogP contribution in [-0.2, 0) is 37.1 Å². The van der Waals surface area contributed by atoms with Gasteiger partial charge in [-0.1, -0.05) is 12.1 Å². The lowest BCUT2D eigenvalue weighted by Gasteiger charge is -2.25. The number of ether oxygens (including phenoxy) is 2. The number of alkyl carbamates (subject to hydrolysis) is 1. The van der Waals surface area contributed by atoms with Crippen molar-refractivity contribution in [3.63, 3.8) is 0 Å². The lowest BCUT2D eigenvalue weighted by Crippen LogP contribution is -2.47. The molecule has 0 saturated heterocycles. The van der Waals surface area contributed by atoms with Gasteiger partial charge in [-0.05, 0) is 77.4 Å². The first-order chi connectivity index (χ1) is 20.5. The standard InChI is InChI=1S/C28H34F3N5O8S/c1-26(2,3)43-24(39)34-21(23-32-19-12-9-17(28(29,30)31)14-20(19)33-23)13-16-7-10-18(11-8-16)36(15-22(37)38)45(41,42)35-25(40)44-27(4,5)6/h7-12,14,21H,13,15H2,1-6H3,(H,32,33)(H,34,39)(H,35,40)(H,37,38)/t21-/m0/s1. The van der Waals surface area contributed by atoms with E-state index in [1.165, 1.54) is 51.1 Å². The number of halogens is 3. The van der Waals surface area contributed by atoms with Gasteiger partial charge >= 0.3 is 34.5 Å². The second kappa shape index (κ2) is 12.8. The third-order valence-electron chi connectivity index (χ3n) is 5.69. The summed E-state index contributed by atoms with van der Waals surface area (Å²) < 4.78 is 78.0. The second-order valence-electron chi connectivity index (χ2n) is 11.9. The molecule has 0 aliphatic rings. The molecule has 1 aromatic heterocycles. The van der Waals surface area contributed by atoms with Crippen LogP contribution >= 0.6 is 0 Å². The number of carboxylic acids is 1. The number of carbonyl (C=O) groups excluding carboxylic acids is 2. The van der Waals surface area contributed by atoms with Crippen molar-refractivity contribution in [1.82, 2.24) is 20.0 Å². The molecule has 0 spiro atoms. The minimum Gasteiger partial charge on any atom is -0.480 e. The number of imidazole rings is 1. The summed E-state index contributed by atoms with van der Waals surface area (Å²) in [5.41, 5.74) is -2.10. The largest absolute Gasteiger partial charge is 0.480 e. The topological polar surface area (TPSA) is 180 Å². The Kier molecular flexibility index (Phi) is 9.96. The molecule has 17 heteroatoms. The average Bonchev–Trinajstić information content (AvgIpc) is 3.28. The molecular weight excluding hydrogens is 623 g/mol. The van der Waals surface area contributed by atoms with Crippen LogP contribution in [0.25, 0.3) is 11.0 Å². The van der Waals surface area contributed by atoms with Crippen molar-refractivity contribution in [3.05, 3.63) is 59.4 Å². The zero-order chi connectivity index (χ0) is 34.0. The summed E-state index contributed by atoms with van der Waals surface area (Å²) in [6, 6.07) is 7.49. The zero-order valence-corrected chi connectivity index (χ0v) is 26.1. The maximum absolute atomic E-state index is 13.3. The minimum atomic E-state index is -4.72. The summed E-state index contributed by atoms with van der Waals surface area (Å²) in [5.74, 6) is -1.38. The maximum Gasteiger partial charge on any atom is 0.422 e. The van der Waals surface area contributed by atoms with Gasteiger partial charge in [-0.25, -0.2) is 23.6 Å². The molecule has 0 fully saturated rings. The van der Waals surface area contributed by atoms with Gasteiger partial charge in [-0.3, -0.25) is 4.79 Å². The van der Waals surface area contributed by atoms with Crippen LogP contribution in [0.4, 0.5) is 28.4 Å². The number of anilines is 1. The Bertz CT molecular complexity index is 1660. The third-order valence-corrected chi connectivity index (χ3v) is 7.04. The predicted octanol–water partition coefficient (Wildman–Crippen LogP) is 5.05. The zero-order valence-electron chi connectivity index (χ0n) is 25.3. The number of H-pyrrole nitrogens is 1. The summed E-state index contributed by atoms with van der Waals surface area (Å²) in [6.45, 7) is 8.46. The molecule has 0 bridgehead atoms. The highest BCUT2D eigenvalue weighted by Crippen LogP contribution is 2.32. The van der Waals surface area contributed by atoms with Gasteiger partial charge in [0.05, 0.1) is 28.3 Å². The van der Waals surface area contributed by atoms with Crippen LogP contribution in [0.1, 0.15) is 64.5 Å². The molecule has 1 heterocycles. The van der Waals surface area contributed by atoms with Crippen LogP contribution < -0.4 is 14.3 Å². The Morgan fingerprint density at radius 1 is 0.956 bits per heavy atom. The molecule has 3 rings (SSSR count). The van der Waals surface area contributed by atoms with E-state index >= 15 is 0 Å². The smallest absolute Gasteiger partial charge is 0.422 e. The number of carboxylic acid groups (broad SMARTS) is 1. The van der Waals surface area contributed by atoms with E-state index in [1.54, 1.807) is 25.5 Å². The number of aromatic amines is 1. The Labute approximate surface area is 257 Å².